The normalized spacial score (nSPS) is 15.2. The summed E-state index contributed by atoms with van der Waals surface area (Å²) < 4.78 is 0. The molecule has 4 rings (SSSR count). The van der Waals surface area contributed by atoms with E-state index in [1.165, 1.54) is 23.1 Å². The number of anilines is 3. The maximum Gasteiger partial charge on any atom is 0.327 e. The van der Waals surface area contributed by atoms with Gasteiger partial charge in [0.25, 0.3) is 5.91 Å². The number of fused-ring (bicyclic) bond motifs is 1. The summed E-state index contributed by atoms with van der Waals surface area (Å²) in [7, 11) is 0. The number of hydrogen-bond donors (Lipinski definition) is 4. The number of hydrogen-bond acceptors (Lipinski definition) is 4. The molecule has 2 atom stereocenters. The molecule has 11 heteroatoms. The molecule has 3 aromatic carbocycles. The van der Waals surface area contributed by atoms with Gasteiger partial charge in [-0.15, -0.1) is 0 Å². The van der Waals surface area contributed by atoms with Crippen molar-refractivity contribution in [3.8, 4) is 0 Å². The van der Waals surface area contributed by atoms with E-state index in [1.54, 1.807) is 42.5 Å². The molecule has 4 N–H and O–H groups in total. The van der Waals surface area contributed by atoms with Crippen molar-refractivity contribution in [2.24, 2.45) is 5.92 Å². The molecule has 0 saturated heterocycles. The third-order valence-corrected chi connectivity index (χ3v) is 7.10. The number of carboxylic acid groups (broad SMARTS) is 1. The lowest BCUT2D eigenvalue weighted by atomic mass is 9.97. The van der Waals surface area contributed by atoms with Crippen LogP contribution in [0, 0.1) is 5.92 Å². The summed E-state index contributed by atoms with van der Waals surface area (Å²) in [6, 6.07) is 15.5. The van der Waals surface area contributed by atoms with E-state index in [4.69, 9.17) is 23.2 Å². The second-order valence-corrected chi connectivity index (χ2v) is 10.7. The van der Waals surface area contributed by atoms with Crippen LogP contribution in [-0.2, 0) is 16.0 Å². The first-order chi connectivity index (χ1) is 19.0. The second-order valence-electron chi connectivity index (χ2n) is 9.85. The van der Waals surface area contributed by atoms with Crippen molar-refractivity contribution in [1.29, 1.82) is 0 Å². The molecule has 0 bridgehead atoms. The second kappa shape index (κ2) is 12.4. The molecular formula is C29H28Cl2N4O5. The number of nitrogens with zero attached hydrogens (tertiary/aromatic N) is 1. The Morgan fingerprint density at radius 3 is 2.38 bits per heavy atom. The number of halogens is 2. The maximum absolute atomic E-state index is 13.5. The van der Waals surface area contributed by atoms with Gasteiger partial charge >= 0.3 is 12.0 Å². The number of aliphatic carboxylic acids is 1. The summed E-state index contributed by atoms with van der Waals surface area (Å²) in [6.07, 6.45) is 0.491. The first kappa shape index (κ1) is 28.9. The van der Waals surface area contributed by atoms with Crippen molar-refractivity contribution < 1.29 is 24.3 Å². The molecular weight excluding hydrogens is 555 g/mol. The molecule has 1 aliphatic heterocycles. The van der Waals surface area contributed by atoms with Gasteiger partial charge < -0.3 is 21.1 Å². The van der Waals surface area contributed by atoms with E-state index in [0.717, 1.165) is 5.56 Å². The summed E-state index contributed by atoms with van der Waals surface area (Å²) in [5.41, 5.74) is 1.91. The third-order valence-electron chi connectivity index (χ3n) is 6.36. The highest BCUT2D eigenvalue weighted by atomic mass is 35.5. The minimum atomic E-state index is -1.18. The average molecular weight is 583 g/mol. The molecule has 2 unspecified atom stereocenters. The van der Waals surface area contributed by atoms with Crippen LogP contribution in [0.15, 0.2) is 66.7 Å². The first-order valence-electron chi connectivity index (χ1n) is 12.6. The zero-order valence-corrected chi connectivity index (χ0v) is 23.3. The minimum Gasteiger partial charge on any atom is -0.480 e. The van der Waals surface area contributed by atoms with Crippen molar-refractivity contribution >= 4 is 64.1 Å². The summed E-state index contributed by atoms with van der Waals surface area (Å²) in [5, 5.41) is 18.4. The summed E-state index contributed by atoms with van der Waals surface area (Å²) in [6.45, 7) is 3.89. The molecule has 0 saturated carbocycles. The number of amides is 4. The van der Waals surface area contributed by atoms with Crippen LogP contribution in [0.4, 0.5) is 21.9 Å². The lowest BCUT2D eigenvalue weighted by Crippen LogP contribution is -2.53. The number of carbonyl (C=O) groups is 4. The third kappa shape index (κ3) is 6.73. The maximum atomic E-state index is 13.5. The Hall–Kier alpha value is -4.08. The van der Waals surface area contributed by atoms with Gasteiger partial charge in [0.15, 0.2) is 0 Å². The highest BCUT2D eigenvalue weighted by Crippen LogP contribution is 2.36. The van der Waals surface area contributed by atoms with Crippen LogP contribution in [0.5, 0.6) is 0 Å². The lowest BCUT2D eigenvalue weighted by molar-refractivity contribution is -0.139. The highest BCUT2D eigenvalue weighted by molar-refractivity contribution is 6.42. The molecule has 40 heavy (non-hydrogen) atoms. The number of carboxylic acids is 1. The molecule has 0 aromatic heterocycles. The lowest BCUT2D eigenvalue weighted by Gasteiger charge is -2.37. The van der Waals surface area contributed by atoms with Gasteiger partial charge in [-0.1, -0.05) is 67.4 Å². The fraction of sp³-hybridized carbons (Fsp3) is 0.241. The largest absolute Gasteiger partial charge is 0.480 e. The van der Waals surface area contributed by atoms with Crippen LogP contribution >= 0.6 is 23.2 Å². The SMILES string of the molecule is CC(C)CC1C(=O)Nc2cc(C(=O)NC(Cc3ccccc3)C(=O)O)ccc2N1C(=O)Nc1ccc(Cl)c(Cl)c1. The number of nitrogens with one attached hydrogen (secondary N) is 3. The van der Waals surface area contributed by atoms with E-state index in [9.17, 15) is 24.3 Å². The predicted molar refractivity (Wildman–Crippen MR) is 155 cm³/mol. The van der Waals surface area contributed by atoms with Crippen LogP contribution in [0.3, 0.4) is 0 Å². The number of rotatable bonds is 8. The van der Waals surface area contributed by atoms with Crippen LogP contribution in [0.1, 0.15) is 36.2 Å². The molecule has 0 fully saturated rings. The molecule has 4 amide bonds. The predicted octanol–water partition coefficient (Wildman–Crippen LogP) is 5.82. The Morgan fingerprint density at radius 1 is 1.00 bits per heavy atom. The topological polar surface area (TPSA) is 128 Å². The highest BCUT2D eigenvalue weighted by Gasteiger charge is 2.38. The van der Waals surface area contributed by atoms with Gasteiger partial charge in [-0.25, -0.2) is 9.59 Å². The molecule has 1 aliphatic rings. The van der Waals surface area contributed by atoms with Crippen molar-refractivity contribution in [2.45, 2.75) is 38.8 Å². The van der Waals surface area contributed by atoms with Crippen LogP contribution < -0.4 is 20.9 Å². The van der Waals surface area contributed by atoms with Gasteiger partial charge in [-0.3, -0.25) is 14.5 Å². The minimum absolute atomic E-state index is 0.0974. The Morgan fingerprint density at radius 2 is 1.73 bits per heavy atom. The Kier molecular flexibility index (Phi) is 8.96. The molecule has 0 radical (unpaired) electrons. The van der Waals surface area contributed by atoms with Crippen LogP contribution in [0.25, 0.3) is 0 Å². The average Bonchev–Trinajstić information content (AvgIpc) is 2.90. The first-order valence-corrected chi connectivity index (χ1v) is 13.4. The Balaban J connectivity index is 1.61. The molecule has 1 heterocycles. The zero-order valence-electron chi connectivity index (χ0n) is 21.8. The smallest absolute Gasteiger partial charge is 0.327 e. The fourth-order valence-electron chi connectivity index (χ4n) is 4.45. The van der Waals surface area contributed by atoms with Gasteiger partial charge in [0.2, 0.25) is 5.91 Å². The number of carbonyl (C=O) groups excluding carboxylic acids is 3. The standard InChI is InChI=1S/C29H28Cl2N4O5/c1-16(2)12-25-27(37)33-22-14-18(26(36)34-23(28(38)39)13-17-6-4-3-5-7-17)8-11-24(22)35(25)29(40)32-19-9-10-20(30)21(31)15-19/h3-11,14-16,23,25H,12-13H2,1-2H3,(H,32,40)(H,33,37)(H,34,36)(H,38,39). The summed E-state index contributed by atoms with van der Waals surface area (Å²) >= 11 is 12.1. The number of urea groups is 1. The quantitative estimate of drug-likeness (QED) is 0.266. The van der Waals surface area contributed by atoms with E-state index in [1.807, 2.05) is 19.9 Å². The van der Waals surface area contributed by atoms with Gasteiger partial charge in [0.05, 0.1) is 21.4 Å². The van der Waals surface area contributed by atoms with E-state index in [0.29, 0.717) is 22.8 Å². The Bertz CT molecular complexity index is 1450. The van der Waals surface area contributed by atoms with Gasteiger partial charge in [0.1, 0.15) is 12.1 Å². The van der Waals surface area contributed by atoms with E-state index >= 15 is 0 Å². The van der Waals surface area contributed by atoms with Crippen molar-refractivity contribution in [1.82, 2.24) is 5.32 Å². The van der Waals surface area contributed by atoms with Crippen LogP contribution in [0.2, 0.25) is 10.0 Å². The molecule has 208 valence electrons. The van der Waals surface area contributed by atoms with Gasteiger partial charge in [-0.05, 0) is 54.3 Å². The fourth-order valence-corrected chi connectivity index (χ4v) is 4.75. The molecule has 9 nitrogen and oxygen atoms in total. The molecule has 0 spiro atoms. The van der Waals surface area contributed by atoms with E-state index < -0.39 is 35.9 Å². The van der Waals surface area contributed by atoms with Crippen molar-refractivity contribution in [3.63, 3.8) is 0 Å². The van der Waals surface area contributed by atoms with Crippen molar-refractivity contribution in [3.05, 3.63) is 87.9 Å². The van der Waals surface area contributed by atoms with Crippen LogP contribution in [-0.4, -0.2) is 41.0 Å². The van der Waals surface area contributed by atoms with Gasteiger partial charge in [-0.2, -0.15) is 0 Å². The molecule has 0 aliphatic carbocycles. The van der Waals surface area contributed by atoms with Crippen molar-refractivity contribution in [2.75, 3.05) is 15.5 Å². The summed E-state index contributed by atoms with van der Waals surface area (Å²) in [5.74, 6) is -2.11. The molecule has 3 aromatic rings. The monoisotopic (exact) mass is 582 g/mol. The van der Waals surface area contributed by atoms with E-state index in [-0.39, 0.29) is 28.6 Å². The zero-order chi connectivity index (χ0) is 29.0. The van der Waals surface area contributed by atoms with Gasteiger partial charge in [0, 0.05) is 17.7 Å². The number of benzene rings is 3. The Labute approximate surface area is 241 Å². The summed E-state index contributed by atoms with van der Waals surface area (Å²) in [4.78, 5) is 52.9. The van der Waals surface area contributed by atoms with E-state index in [2.05, 4.69) is 16.0 Å².